The lowest BCUT2D eigenvalue weighted by Gasteiger charge is -2.35. The van der Waals surface area contributed by atoms with Gasteiger partial charge in [0.1, 0.15) is 11.4 Å². The summed E-state index contributed by atoms with van der Waals surface area (Å²) in [6, 6.07) is 4.38. The van der Waals surface area contributed by atoms with Crippen LogP contribution in [0.25, 0.3) is 0 Å². The topological polar surface area (TPSA) is 59.1 Å². The zero-order valence-corrected chi connectivity index (χ0v) is 15.5. The van der Waals surface area contributed by atoms with Gasteiger partial charge in [-0.05, 0) is 39.0 Å². The maximum absolute atomic E-state index is 12.7. The summed E-state index contributed by atoms with van der Waals surface area (Å²) in [5, 5.41) is 0. The molecule has 27 heavy (non-hydrogen) atoms. The third-order valence-electron chi connectivity index (χ3n) is 3.81. The van der Waals surface area contributed by atoms with Crippen molar-refractivity contribution in [2.45, 2.75) is 32.5 Å². The standard InChI is InChI=1S/C18H23F3N2O4/c1-17(2,3)27-16(25)23-9-7-22(8-10-23)15(24)12-26-14-6-4-5-13(11-14)18(19,20)21/h4-6,11H,7-10,12H2,1-3H3. The number of halogens is 3. The van der Waals surface area contributed by atoms with Gasteiger partial charge in [0.15, 0.2) is 6.61 Å². The van der Waals surface area contributed by atoms with Crippen LogP contribution in [0, 0.1) is 0 Å². The van der Waals surface area contributed by atoms with Gasteiger partial charge in [-0.15, -0.1) is 0 Å². The number of nitrogens with zero attached hydrogens (tertiary/aromatic N) is 2. The van der Waals surface area contributed by atoms with Gasteiger partial charge in [0.05, 0.1) is 5.56 Å². The van der Waals surface area contributed by atoms with E-state index in [4.69, 9.17) is 9.47 Å². The molecule has 1 aliphatic rings. The number of ether oxygens (including phenoxy) is 2. The van der Waals surface area contributed by atoms with Gasteiger partial charge in [-0.2, -0.15) is 13.2 Å². The summed E-state index contributed by atoms with van der Waals surface area (Å²) in [7, 11) is 0. The van der Waals surface area contributed by atoms with Crippen LogP contribution in [0.4, 0.5) is 18.0 Å². The maximum atomic E-state index is 12.7. The molecule has 2 rings (SSSR count). The average molecular weight is 388 g/mol. The van der Waals surface area contributed by atoms with Crippen LogP contribution in [0.2, 0.25) is 0 Å². The number of hydrogen-bond donors (Lipinski definition) is 0. The molecule has 0 aliphatic carbocycles. The Morgan fingerprint density at radius 2 is 1.63 bits per heavy atom. The molecular weight excluding hydrogens is 365 g/mol. The van der Waals surface area contributed by atoms with E-state index in [-0.39, 0.29) is 18.3 Å². The van der Waals surface area contributed by atoms with Gasteiger partial charge in [-0.25, -0.2) is 4.79 Å². The highest BCUT2D eigenvalue weighted by atomic mass is 19.4. The normalized spacial score (nSPS) is 15.5. The zero-order chi connectivity index (χ0) is 20.2. The van der Waals surface area contributed by atoms with Crippen molar-refractivity contribution in [2.24, 2.45) is 0 Å². The Labute approximate surface area is 155 Å². The maximum Gasteiger partial charge on any atom is 0.416 e. The Morgan fingerprint density at radius 3 is 2.19 bits per heavy atom. The van der Waals surface area contributed by atoms with Crippen molar-refractivity contribution in [2.75, 3.05) is 32.8 Å². The fourth-order valence-electron chi connectivity index (χ4n) is 2.46. The Kier molecular flexibility index (Phi) is 6.22. The largest absolute Gasteiger partial charge is 0.484 e. The van der Waals surface area contributed by atoms with E-state index in [2.05, 4.69) is 0 Å². The fourth-order valence-corrected chi connectivity index (χ4v) is 2.46. The summed E-state index contributed by atoms with van der Waals surface area (Å²) in [6.07, 6.45) is -4.91. The number of benzene rings is 1. The summed E-state index contributed by atoms with van der Waals surface area (Å²) in [5.41, 5.74) is -1.43. The lowest BCUT2D eigenvalue weighted by atomic mass is 10.2. The van der Waals surface area contributed by atoms with Gasteiger partial charge in [-0.1, -0.05) is 6.07 Å². The molecule has 150 valence electrons. The fraction of sp³-hybridized carbons (Fsp3) is 0.556. The van der Waals surface area contributed by atoms with Gasteiger partial charge < -0.3 is 19.3 Å². The molecule has 0 aromatic heterocycles. The Morgan fingerprint density at radius 1 is 1.04 bits per heavy atom. The van der Waals surface area contributed by atoms with Crippen LogP contribution < -0.4 is 4.74 Å². The van der Waals surface area contributed by atoms with Crippen LogP contribution in [-0.4, -0.2) is 60.2 Å². The first-order chi connectivity index (χ1) is 12.5. The molecule has 1 saturated heterocycles. The SMILES string of the molecule is CC(C)(C)OC(=O)N1CCN(C(=O)COc2cccc(C(F)(F)F)c2)CC1. The molecule has 0 bridgehead atoms. The van der Waals surface area contributed by atoms with Crippen LogP contribution in [0.5, 0.6) is 5.75 Å². The zero-order valence-electron chi connectivity index (χ0n) is 15.5. The first-order valence-electron chi connectivity index (χ1n) is 8.51. The Bertz CT molecular complexity index is 678. The van der Waals surface area contributed by atoms with Crippen molar-refractivity contribution in [3.05, 3.63) is 29.8 Å². The number of rotatable bonds is 3. The second-order valence-corrected chi connectivity index (χ2v) is 7.16. The molecule has 9 heteroatoms. The molecule has 0 N–H and O–H groups in total. The van der Waals surface area contributed by atoms with Crippen molar-refractivity contribution in [1.29, 1.82) is 0 Å². The van der Waals surface area contributed by atoms with Crippen LogP contribution in [-0.2, 0) is 15.7 Å². The molecule has 2 amide bonds. The predicted octanol–water partition coefficient (Wildman–Crippen LogP) is 3.16. The molecule has 0 radical (unpaired) electrons. The van der Waals surface area contributed by atoms with E-state index in [9.17, 15) is 22.8 Å². The van der Waals surface area contributed by atoms with Crippen LogP contribution >= 0.6 is 0 Å². The van der Waals surface area contributed by atoms with Gasteiger partial charge in [-0.3, -0.25) is 4.79 Å². The number of piperazine rings is 1. The monoisotopic (exact) mass is 388 g/mol. The van der Waals surface area contributed by atoms with Gasteiger partial charge >= 0.3 is 12.3 Å². The molecule has 1 aliphatic heterocycles. The number of carbonyl (C=O) groups excluding carboxylic acids is 2. The molecule has 6 nitrogen and oxygen atoms in total. The lowest BCUT2D eigenvalue weighted by Crippen LogP contribution is -2.52. The van der Waals surface area contributed by atoms with Crippen molar-refractivity contribution in [3.63, 3.8) is 0 Å². The summed E-state index contributed by atoms with van der Waals surface area (Å²) >= 11 is 0. The minimum atomic E-state index is -4.47. The van der Waals surface area contributed by atoms with E-state index in [0.29, 0.717) is 26.2 Å². The molecule has 0 spiro atoms. The molecule has 0 atom stereocenters. The van der Waals surface area contributed by atoms with E-state index in [1.165, 1.54) is 21.9 Å². The third-order valence-corrected chi connectivity index (χ3v) is 3.81. The van der Waals surface area contributed by atoms with Crippen molar-refractivity contribution >= 4 is 12.0 Å². The number of amides is 2. The highest BCUT2D eigenvalue weighted by molar-refractivity contribution is 5.78. The minimum Gasteiger partial charge on any atom is -0.484 e. The molecule has 1 fully saturated rings. The van der Waals surface area contributed by atoms with Crippen LogP contribution in [0.15, 0.2) is 24.3 Å². The summed E-state index contributed by atoms with van der Waals surface area (Å²) in [4.78, 5) is 27.2. The molecule has 1 heterocycles. The summed E-state index contributed by atoms with van der Waals surface area (Å²) < 4.78 is 48.6. The van der Waals surface area contributed by atoms with Gasteiger partial charge in [0.2, 0.25) is 0 Å². The quantitative estimate of drug-likeness (QED) is 0.798. The third kappa shape index (κ3) is 6.33. The van der Waals surface area contributed by atoms with E-state index < -0.39 is 23.4 Å². The summed E-state index contributed by atoms with van der Waals surface area (Å²) in [5.74, 6) is -0.373. The van der Waals surface area contributed by atoms with Crippen molar-refractivity contribution in [3.8, 4) is 5.75 Å². The molecular formula is C18H23F3N2O4. The van der Waals surface area contributed by atoms with Crippen LogP contribution in [0.3, 0.4) is 0 Å². The smallest absolute Gasteiger partial charge is 0.416 e. The molecule has 0 unspecified atom stereocenters. The summed E-state index contributed by atoms with van der Waals surface area (Å²) in [6.45, 7) is 6.22. The number of hydrogen-bond acceptors (Lipinski definition) is 4. The van der Waals surface area contributed by atoms with Gasteiger partial charge in [0.25, 0.3) is 5.91 Å². The van der Waals surface area contributed by atoms with E-state index >= 15 is 0 Å². The first-order valence-corrected chi connectivity index (χ1v) is 8.51. The first kappa shape index (κ1) is 20.9. The average Bonchev–Trinajstić information content (AvgIpc) is 2.58. The van der Waals surface area contributed by atoms with Crippen molar-refractivity contribution < 1.29 is 32.2 Å². The van der Waals surface area contributed by atoms with Crippen molar-refractivity contribution in [1.82, 2.24) is 9.80 Å². The lowest BCUT2D eigenvalue weighted by molar-refractivity contribution is -0.137. The second kappa shape index (κ2) is 8.06. The number of carbonyl (C=O) groups is 2. The minimum absolute atomic E-state index is 0.0226. The second-order valence-electron chi connectivity index (χ2n) is 7.16. The van der Waals surface area contributed by atoms with E-state index in [1.807, 2.05) is 0 Å². The highest BCUT2D eigenvalue weighted by Gasteiger charge is 2.31. The van der Waals surface area contributed by atoms with Crippen LogP contribution in [0.1, 0.15) is 26.3 Å². The molecule has 0 saturated carbocycles. The molecule has 1 aromatic rings. The molecule has 1 aromatic carbocycles. The van der Waals surface area contributed by atoms with E-state index in [1.54, 1.807) is 20.8 Å². The Hall–Kier alpha value is -2.45. The van der Waals surface area contributed by atoms with Gasteiger partial charge in [0, 0.05) is 26.2 Å². The highest BCUT2D eigenvalue weighted by Crippen LogP contribution is 2.31. The predicted molar refractivity (Wildman–Crippen MR) is 91.3 cm³/mol. The number of alkyl halides is 3. The Balaban J connectivity index is 1.82. The van der Waals surface area contributed by atoms with E-state index in [0.717, 1.165) is 12.1 Å².